The van der Waals surface area contributed by atoms with E-state index in [-0.39, 0.29) is 10.1 Å². The van der Waals surface area contributed by atoms with Crippen LogP contribution in [0.2, 0.25) is 0 Å². The Morgan fingerprint density at radius 3 is 2.32 bits per heavy atom. The lowest BCUT2D eigenvalue weighted by atomic mass is 10.2. The summed E-state index contributed by atoms with van der Waals surface area (Å²) in [4.78, 5) is 16.3. The van der Waals surface area contributed by atoms with Crippen molar-refractivity contribution in [3.05, 3.63) is 49.7 Å². The van der Waals surface area contributed by atoms with Gasteiger partial charge in [-0.25, -0.2) is 9.78 Å². The van der Waals surface area contributed by atoms with Crippen molar-refractivity contribution in [1.82, 2.24) is 15.2 Å². The van der Waals surface area contributed by atoms with E-state index < -0.39 is 5.97 Å². The number of aromatic amines is 1. The van der Waals surface area contributed by atoms with Crippen LogP contribution >= 0.6 is 43.6 Å². The number of methoxy groups -OCH3 is 3. The van der Waals surface area contributed by atoms with Gasteiger partial charge in [-0.1, -0.05) is 15.9 Å². The van der Waals surface area contributed by atoms with Crippen molar-refractivity contribution in [3.63, 3.8) is 0 Å². The zero-order chi connectivity index (χ0) is 22.5. The van der Waals surface area contributed by atoms with Crippen LogP contribution in [0.1, 0.15) is 5.56 Å². The van der Waals surface area contributed by atoms with E-state index in [1.165, 1.54) is 13.2 Å². The van der Waals surface area contributed by atoms with Crippen LogP contribution in [0.4, 0.5) is 0 Å². The lowest BCUT2D eigenvalue weighted by Gasteiger charge is -2.09. The molecule has 162 valence electrons. The maximum Gasteiger partial charge on any atom is 0.342 e. The molecule has 0 aliphatic heterocycles. The van der Waals surface area contributed by atoms with Gasteiger partial charge in [-0.2, -0.15) is 0 Å². The van der Waals surface area contributed by atoms with E-state index in [2.05, 4.69) is 47.0 Å². The van der Waals surface area contributed by atoms with Crippen LogP contribution in [0.25, 0.3) is 17.5 Å². The number of halogens is 2. The molecule has 1 aromatic heterocycles. The van der Waals surface area contributed by atoms with E-state index in [0.29, 0.717) is 38.7 Å². The second-order valence-corrected chi connectivity index (χ2v) is 8.77. The number of H-pyrrole nitrogens is 1. The summed E-state index contributed by atoms with van der Waals surface area (Å²) in [6.07, 6.45) is 1.51. The molecule has 0 fully saturated rings. The summed E-state index contributed by atoms with van der Waals surface area (Å²) in [5.74, 6) is 1.04. The van der Waals surface area contributed by atoms with Gasteiger partial charge in [0.15, 0.2) is 5.82 Å². The van der Waals surface area contributed by atoms with Crippen molar-refractivity contribution < 1.29 is 24.1 Å². The number of aliphatic carboxylic acids is 1. The minimum Gasteiger partial charge on any atom is -0.497 e. The van der Waals surface area contributed by atoms with Gasteiger partial charge in [-0.05, 0) is 58.0 Å². The molecule has 0 aliphatic rings. The molecule has 0 saturated heterocycles. The van der Waals surface area contributed by atoms with E-state index in [4.69, 9.17) is 14.2 Å². The number of carbonyl (C=O) groups is 1. The third-order valence-electron chi connectivity index (χ3n) is 4.03. The van der Waals surface area contributed by atoms with Gasteiger partial charge in [0.1, 0.15) is 22.2 Å². The topological polar surface area (TPSA) is 107 Å². The van der Waals surface area contributed by atoms with Crippen LogP contribution in [-0.4, -0.2) is 47.6 Å². The van der Waals surface area contributed by atoms with Gasteiger partial charge in [-0.15, -0.1) is 5.10 Å². The van der Waals surface area contributed by atoms with Crippen molar-refractivity contribution in [2.24, 2.45) is 0 Å². The fourth-order valence-electron chi connectivity index (χ4n) is 2.64. The van der Waals surface area contributed by atoms with Crippen molar-refractivity contribution >= 4 is 55.7 Å². The van der Waals surface area contributed by atoms with Crippen LogP contribution in [0.15, 0.2) is 49.3 Å². The number of carboxylic acids is 1. The van der Waals surface area contributed by atoms with Gasteiger partial charge < -0.3 is 19.3 Å². The molecule has 1 heterocycles. The second kappa shape index (κ2) is 10.2. The Labute approximate surface area is 199 Å². The minimum atomic E-state index is -1.11. The summed E-state index contributed by atoms with van der Waals surface area (Å²) in [6, 6.07) is 8.86. The number of carboxylic acid groups (broad SMARTS) is 1. The molecule has 0 saturated carbocycles. The number of hydrogen-bond donors (Lipinski definition) is 2. The fourth-order valence-corrected chi connectivity index (χ4v) is 4.76. The second-order valence-electron chi connectivity index (χ2n) is 5.99. The Morgan fingerprint density at radius 1 is 1.06 bits per heavy atom. The van der Waals surface area contributed by atoms with Gasteiger partial charge in [0, 0.05) is 21.7 Å². The average molecular weight is 571 g/mol. The van der Waals surface area contributed by atoms with E-state index >= 15 is 0 Å². The zero-order valence-corrected chi connectivity index (χ0v) is 20.6. The highest BCUT2D eigenvalue weighted by Crippen LogP contribution is 2.36. The Hall–Kier alpha value is -2.50. The summed E-state index contributed by atoms with van der Waals surface area (Å²) >= 11 is 7.74. The number of nitrogens with one attached hydrogen (secondary N) is 1. The lowest BCUT2D eigenvalue weighted by Crippen LogP contribution is -1.98. The molecule has 0 amide bonds. The molecular formula is C20H17Br2N3O5S. The van der Waals surface area contributed by atoms with Crippen LogP contribution in [-0.2, 0) is 4.79 Å². The summed E-state index contributed by atoms with van der Waals surface area (Å²) < 4.78 is 17.4. The van der Waals surface area contributed by atoms with E-state index in [1.54, 1.807) is 38.5 Å². The van der Waals surface area contributed by atoms with Gasteiger partial charge >= 0.3 is 5.97 Å². The van der Waals surface area contributed by atoms with Crippen LogP contribution in [0, 0.1) is 0 Å². The van der Waals surface area contributed by atoms with E-state index in [9.17, 15) is 9.90 Å². The molecule has 0 bridgehead atoms. The zero-order valence-electron chi connectivity index (χ0n) is 16.6. The minimum absolute atomic E-state index is 0.0251. The van der Waals surface area contributed by atoms with Crippen LogP contribution in [0.3, 0.4) is 0 Å². The number of aromatic nitrogens is 3. The first-order valence-corrected chi connectivity index (χ1v) is 11.1. The number of hydrogen-bond acceptors (Lipinski definition) is 7. The van der Waals surface area contributed by atoms with Gasteiger partial charge in [0.05, 0.1) is 25.8 Å². The molecule has 2 aromatic carbocycles. The van der Waals surface area contributed by atoms with Gasteiger partial charge in [0.2, 0.25) is 5.16 Å². The van der Waals surface area contributed by atoms with E-state index in [1.807, 2.05) is 6.07 Å². The monoisotopic (exact) mass is 569 g/mol. The number of thioether (sulfide) groups is 1. The van der Waals surface area contributed by atoms with Crippen molar-refractivity contribution in [2.75, 3.05) is 21.3 Å². The number of ether oxygens (including phenoxy) is 3. The summed E-state index contributed by atoms with van der Waals surface area (Å²) in [6.45, 7) is 0. The van der Waals surface area contributed by atoms with E-state index in [0.717, 1.165) is 16.2 Å². The maximum atomic E-state index is 11.9. The maximum absolute atomic E-state index is 11.9. The summed E-state index contributed by atoms with van der Waals surface area (Å²) in [7, 11) is 4.63. The number of benzene rings is 2. The average Bonchev–Trinajstić information content (AvgIpc) is 3.21. The van der Waals surface area contributed by atoms with Crippen molar-refractivity contribution in [3.8, 4) is 28.6 Å². The Bertz CT molecular complexity index is 1130. The molecule has 0 atom stereocenters. The molecule has 8 nitrogen and oxygen atoms in total. The predicted octanol–water partition coefficient (Wildman–Crippen LogP) is 5.24. The summed E-state index contributed by atoms with van der Waals surface area (Å²) in [5, 5.41) is 16.9. The third-order valence-corrected chi connectivity index (χ3v) is 5.95. The van der Waals surface area contributed by atoms with Crippen LogP contribution in [0.5, 0.6) is 17.2 Å². The quantitative estimate of drug-likeness (QED) is 0.280. The standard InChI is InChI=1S/C20H17Br2N3O5S/c1-28-13-5-11(6-14(9-13)29-2)18-23-20(25-24-18)31-16(19(26)27)7-10-4-12(21)8-15(22)17(10)30-3/h4-9H,1-3H3,(H,26,27)(H,23,24,25)/b16-7-. The molecule has 11 heteroatoms. The molecule has 31 heavy (non-hydrogen) atoms. The first-order chi connectivity index (χ1) is 14.8. The smallest absolute Gasteiger partial charge is 0.342 e. The molecule has 0 unspecified atom stereocenters. The largest absolute Gasteiger partial charge is 0.497 e. The Kier molecular flexibility index (Phi) is 7.63. The Morgan fingerprint density at radius 2 is 1.74 bits per heavy atom. The van der Waals surface area contributed by atoms with Crippen molar-refractivity contribution in [1.29, 1.82) is 0 Å². The molecule has 2 N–H and O–H groups in total. The molecule has 0 aliphatic carbocycles. The molecular weight excluding hydrogens is 554 g/mol. The normalized spacial score (nSPS) is 11.3. The third kappa shape index (κ3) is 5.60. The molecule has 0 spiro atoms. The SMILES string of the molecule is COc1cc(OC)cc(-c2nc(S/C(=C\c3cc(Br)cc(Br)c3OC)C(=O)O)n[nH]2)c1. The first-order valence-electron chi connectivity index (χ1n) is 8.66. The molecule has 3 aromatic rings. The highest BCUT2D eigenvalue weighted by molar-refractivity contribution is 9.11. The highest BCUT2D eigenvalue weighted by atomic mass is 79.9. The van der Waals surface area contributed by atoms with Crippen molar-refractivity contribution in [2.45, 2.75) is 5.16 Å². The van der Waals surface area contributed by atoms with Gasteiger partial charge in [0.25, 0.3) is 0 Å². The lowest BCUT2D eigenvalue weighted by molar-refractivity contribution is -0.131. The van der Waals surface area contributed by atoms with Gasteiger partial charge in [-0.3, -0.25) is 5.10 Å². The van der Waals surface area contributed by atoms with Crippen LogP contribution < -0.4 is 14.2 Å². The fraction of sp³-hybridized carbons (Fsp3) is 0.150. The predicted molar refractivity (Wildman–Crippen MR) is 125 cm³/mol. The highest BCUT2D eigenvalue weighted by Gasteiger charge is 2.17. The summed E-state index contributed by atoms with van der Waals surface area (Å²) in [5.41, 5.74) is 1.27. The number of nitrogens with zero attached hydrogens (tertiary/aromatic N) is 2. The molecule has 0 radical (unpaired) electrons. The molecule has 3 rings (SSSR count). The Balaban J connectivity index is 1.94. The first kappa shape index (κ1) is 23.2. The number of rotatable bonds is 8.